The summed E-state index contributed by atoms with van der Waals surface area (Å²) in [7, 11) is 1.37. The van der Waals surface area contributed by atoms with Crippen LogP contribution in [0.15, 0.2) is 53.7 Å². The first-order valence-corrected chi connectivity index (χ1v) is 12.0. The van der Waals surface area contributed by atoms with Gasteiger partial charge in [-0.05, 0) is 48.6 Å². The minimum atomic E-state index is -0.422. The highest BCUT2D eigenvalue weighted by Crippen LogP contribution is 2.45. The number of ether oxygens (including phenoxy) is 1. The summed E-state index contributed by atoms with van der Waals surface area (Å²) in [5.41, 5.74) is 5.59. The normalized spacial score (nSPS) is 13.3. The number of carbonyl (C=O) groups excluding carboxylic acids is 2. The highest BCUT2D eigenvalue weighted by Gasteiger charge is 2.30. The van der Waals surface area contributed by atoms with Crippen molar-refractivity contribution in [3.63, 3.8) is 0 Å². The number of imidazole rings is 1. The number of thiophene rings is 1. The SMILES string of the molecule is COC(=O)c1c(NC(=O)C(C)Sc2nc3ccccc3[nH]2)sc2c1CCc1ccccc1-2. The molecule has 0 aliphatic heterocycles. The largest absolute Gasteiger partial charge is 0.465 e. The first-order chi connectivity index (χ1) is 15.5. The number of carbonyl (C=O) groups is 2. The van der Waals surface area contributed by atoms with Crippen LogP contribution in [0.5, 0.6) is 0 Å². The Morgan fingerprint density at radius 2 is 1.94 bits per heavy atom. The van der Waals surface area contributed by atoms with Crippen molar-refractivity contribution >= 4 is 51.0 Å². The number of hydrogen-bond donors (Lipinski definition) is 2. The third kappa shape index (κ3) is 3.69. The zero-order valence-corrected chi connectivity index (χ0v) is 19.2. The minimum Gasteiger partial charge on any atom is -0.465 e. The van der Waals surface area contributed by atoms with Gasteiger partial charge in [0, 0.05) is 4.88 Å². The van der Waals surface area contributed by atoms with Gasteiger partial charge in [0.25, 0.3) is 0 Å². The van der Waals surface area contributed by atoms with Gasteiger partial charge in [0.1, 0.15) is 5.00 Å². The van der Waals surface area contributed by atoms with Crippen LogP contribution in [-0.2, 0) is 22.4 Å². The van der Waals surface area contributed by atoms with Crippen molar-refractivity contribution in [2.45, 2.75) is 30.2 Å². The topological polar surface area (TPSA) is 84.1 Å². The van der Waals surface area contributed by atoms with Crippen molar-refractivity contribution < 1.29 is 14.3 Å². The van der Waals surface area contributed by atoms with E-state index in [9.17, 15) is 9.59 Å². The zero-order chi connectivity index (χ0) is 22.2. The number of aromatic amines is 1. The van der Waals surface area contributed by atoms with E-state index in [2.05, 4.69) is 27.4 Å². The summed E-state index contributed by atoms with van der Waals surface area (Å²) in [6.45, 7) is 1.83. The van der Waals surface area contributed by atoms with Crippen LogP contribution in [-0.4, -0.2) is 34.2 Å². The maximum Gasteiger partial charge on any atom is 0.341 e. The predicted octanol–water partition coefficient (Wildman–Crippen LogP) is 5.30. The number of esters is 1. The fourth-order valence-electron chi connectivity index (χ4n) is 3.97. The molecule has 1 aliphatic carbocycles. The number of para-hydroxylation sites is 2. The van der Waals surface area contributed by atoms with Crippen molar-refractivity contribution in [3.05, 3.63) is 65.2 Å². The van der Waals surface area contributed by atoms with Gasteiger partial charge in [-0.2, -0.15) is 0 Å². The number of nitrogens with one attached hydrogen (secondary N) is 2. The molecule has 0 saturated carbocycles. The average Bonchev–Trinajstić information content (AvgIpc) is 3.38. The Labute approximate surface area is 193 Å². The van der Waals surface area contributed by atoms with Crippen LogP contribution in [0.4, 0.5) is 5.00 Å². The maximum atomic E-state index is 13.0. The van der Waals surface area contributed by atoms with Crippen molar-refractivity contribution in [2.24, 2.45) is 0 Å². The fraction of sp³-hybridized carbons (Fsp3) is 0.208. The van der Waals surface area contributed by atoms with E-state index in [1.54, 1.807) is 0 Å². The highest BCUT2D eigenvalue weighted by molar-refractivity contribution is 8.00. The van der Waals surface area contributed by atoms with Crippen LogP contribution >= 0.6 is 23.1 Å². The van der Waals surface area contributed by atoms with E-state index in [0.717, 1.165) is 39.9 Å². The molecule has 1 atom stereocenters. The third-order valence-electron chi connectivity index (χ3n) is 5.56. The maximum absolute atomic E-state index is 13.0. The van der Waals surface area contributed by atoms with Gasteiger partial charge < -0.3 is 15.0 Å². The van der Waals surface area contributed by atoms with Crippen molar-refractivity contribution in [1.82, 2.24) is 9.97 Å². The number of benzene rings is 2. The number of rotatable bonds is 5. The second-order valence-electron chi connectivity index (χ2n) is 7.57. The monoisotopic (exact) mass is 463 g/mol. The number of fused-ring (bicyclic) bond motifs is 4. The fourth-order valence-corrected chi connectivity index (χ4v) is 6.09. The Kier molecular flexibility index (Phi) is 5.48. The summed E-state index contributed by atoms with van der Waals surface area (Å²) < 4.78 is 5.06. The van der Waals surface area contributed by atoms with Gasteiger partial charge in [0.15, 0.2) is 5.16 Å². The van der Waals surface area contributed by atoms with Crippen molar-refractivity contribution in [2.75, 3.05) is 12.4 Å². The van der Waals surface area contributed by atoms with Crippen LogP contribution in [0, 0.1) is 0 Å². The molecule has 1 unspecified atom stereocenters. The Balaban J connectivity index is 1.42. The van der Waals surface area contributed by atoms with E-state index < -0.39 is 11.2 Å². The molecule has 2 heterocycles. The van der Waals surface area contributed by atoms with Gasteiger partial charge in [-0.1, -0.05) is 48.2 Å². The van der Waals surface area contributed by atoms with Crippen molar-refractivity contribution in [1.29, 1.82) is 0 Å². The Morgan fingerprint density at radius 1 is 1.16 bits per heavy atom. The molecule has 1 amide bonds. The molecule has 1 aliphatic rings. The number of aryl methyl sites for hydroxylation is 1. The summed E-state index contributed by atoms with van der Waals surface area (Å²) in [5, 5.41) is 3.80. The molecule has 0 fully saturated rings. The zero-order valence-electron chi connectivity index (χ0n) is 17.6. The van der Waals surface area contributed by atoms with Crippen LogP contribution in [0.2, 0.25) is 0 Å². The number of hydrogen-bond acceptors (Lipinski definition) is 6. The quantitative estimate of drug-likeness (QED) is 0.310. The van der Waals surface area contributed by atoms with Gasteiger partial charge >= 0.3 is 5.97 Å². The number of methoxy groups -OCH3 is 1. The minimum absolute atomic E-state index is 0.188. The molecule has 0 spiro atoms. The molecule has 6 nitrogen and oxygen atoms in total. The smallest absolute Gasteiger partial charge is 0.341 e. The molecule has 0 bridgehead atoms. The molecule has 162 valence electrons. The van der Waals surface area contributed by atoms with Gasteiger partial charge in [0.2, 0.25) is 5.91 Å². The summed E-state index contributed by atoms with van der Waals surface area (Å²) in [4.78, 5) is 34.5. The van der Waals surface area contributed by atoms with Gasteiger partial charge in [0.05, 0.1) is 29.0 Å². The second-order valence-corrected chi connectivity index (χ2v) is 9.92. The number of nitrogens with zero attached hydrogens (tertiary/aromatic N) is 1. The van der Waals surface area contributed by atoms with Crippen molar-refractivity contribution in [3.8, 4) is 10.4 Å². The second kappa shape index (κ2) is 8.44. The van der Waals surface area contributed by atoms with Gasteiger partial charge in [-0.3, -0.25) is 4.79 Å². The first-order valence-electron chi connectivity index (χ1n) is 10.3. The van der Waals surface area contributed by atoms with E-state index in [0.29, 0.717) is 15.7 Å². The first kappa shape index (κ1) is 20.8. The van der Waals surface area contributed by atoms with E-state index in [1.165, 1.54) is 35.8 Å². The standard InChI is InChI=1S/C24H21N3O3S2/c1-13(31-24-25-17-9-5-6-10-18(17)26-24)21(28)27-22-19(23(29)30-2)16-12-11-14-7-3-4-8-15(14)20(16)32-22/h3-10,13H,11-12H2,1-2H3,(H,25,26)(H,27,28). The number of aromatic nitrogens is 2. The molecule has 32 heavy (non-hydrogen) atoms. The highest BCUT2D eigenvalue weighted by atomic mass is 32.2. The Morgan fingerprint density at radius 3 is 2.75 bits per heavy atom. The Bertz CT molecular complexity index is 1310. The predicted molar refractivity (Wildman–Crippen MR) is 129 cm³/mol. The third-order valence-corrected chi connectivity index (χ3v) is 7.73. The number of amides is 1. The number of H-pyrrole nitrogens is 1. The van der Waals surface area contributed by atoms with E-state index >= 15 is 0 Å². The van der Waals surface area contributed by atoms with Crippen LogP contribution in [0.25, 0.3) is 21.5 Å². The Hall–Kier alpha value is -3.10. The average molecular weight is 464 g/mol. The molecule has 0 radical (unpaired) electrons. The van der Waals surface area contributed by atoms with Crippen LogP contribution in [0.3, 0.4) is 0 Å². The molecule has 2 aromatic heterocycles. The molecule has 4 aromatic rings. The summed E-state index contributed by atoms with van der Waals surface area (Å²) in [6.07, 6.45) is 1.60. The molecule has 5 rings (SSSR count). The molecule has 2 aromatic carbocycles. The van der Waals surface area contributed by atoms with E-state index in [-0.39, 0.29) is 5.91 Å². The van der Waals surface area contributed by atoms with E-state index in [1.807, 2.05) is 43.3 Å². The van der Waals surface area contributed by atoms with Crippen LogP contribution < -0.4 is 5.32 Å². The lowest BCUT2D eigenvalue weighted by molar-refractivity contribution is -0.115. The van der Waals surface area contributed by atoms with Gasteiger partial charge in [-0.15, -0.1) is 11.3 Å². The van der Waals surface area contributed by atoms with Gasteiger partial charge in [-0.25, -0.2) is 9.78 Å². The summed E-state index contributed by atoms with van der Waals surface area (Å²) >= 11 is 2.79. The lowest BCUT2D eigenvalue weighted by atomic mass is 9.89. The summed E-state index contributed by atoms with van der Waals surface area (Å²) in [5.74, 6) is -0.609. The molecule has 8 heteroatoms. The lowest BCUT2D eigenvalue weighted by Crippen LogP contribution is -2.23. The summed E-state index contributed by atoms with van der Waals surface area (Å²) in [6, 6.07) is 15.9. The molecular weight excluding hydrogens is 442 g/mol. The van der Waals surface area contributed by atoms with Crippen LogP contribution in [0.1, 0.15) is 28.4 Å². The lowest BCUT2D eigenvalue weighted by Gasteiger charge is -2.16. The molecular formula is C24H21N3O3S2. The number of thioether (sulfide) groups is 1. The number of anilines is 1. The van der Waals surface area contributed by atoms with E-state index in [4.69, 9.17) is 4.74 Å². The molecule has 2 N–H and O–H groups in total. The molecule has 0 saturated heterocycles.